The Morgan fingerprint density at radius 2 is 2.17 bits per heavy atom. The number of ether oxygens (including phenoxy) is 1. The smallest absolute Gasteiger partial charge is 0.258 e. The average Bonchev–Trinajstić information content (AvgIpc) is 2.27. The van der Waals surface area contributed by atoms with Crippen molar-refractivity contribution in [1.82, 2.24) is 9.97 Å². The average molecular weight is 247 g/mol. The molecule has 0 aliphatic carbocycles. The summed E-state index contributed by atoms with van der Waals surface area (Å²) >= 11 is 0. The summed E-state index contributed by atoms with van der Waals surface area (Å²) in [5, 5.41) is 3.06. The van der Waals surface area contributed by atoms with Crippen molar-refractivity contribution < 1.29 is 9.53 Å². The van der Waals surface area contributed by atoms with Crippen molar-refractivity contribution in [1.29, 1.82) is 0 Å². The first-order valence-electron chi connectivity index (χ1n) is 5.37. The minimum atomic E-state index is -0.231. The molecule has 94 valence electrons. The number of carbonyl (C=O) groups is 1. The number of hydrogen-bond donors (Lipinski definition) is 2. The van der Waals surface area contributed by atoms with Crippen LogP contribution in [0.3, 0.4) is 0 Å². The van der Waals surface area contributed by atoms with E-state index in [9.17, 15) is 9.59 Å². The second-order valence-corrected chi connectivity index (χ2v) is 3.90. The molecule has 0 unspecified atom stereocenters. The van der Waals surface area contributed by atoms with Crippen LogP contribution in [0.1, 0.15) is 12.7 Å². The second-order valence-electron chi connectivity index (χ2n) is 3.90. The van der Waals surface area contributed by atoms with E-state index in [1.165, 1.54) is 14.0 Å². The number of H-pyrrole nitrogens is 1. The second kappa shape index (κ2) is 4.48. The van der Waals surface area contributed by atoms with E-state index in [1.54, 1.807) is 19.1 Å². The van der Waals surface area contributed by atoms with Gasteiger partial charge in [0.15, 0.2) is 0 Å². The van der Waals surface area contributed by atoms with Crippen molar-refractivity contribution in [2.24, 2.45) is 0 Å². The van der Waals surface area contributed by atoms with Crippen LogP contribution >= 0.6 is 0 Å². The van der Waals surface area contributed by atoms with Gasteiger partial charge in [-0.3, -0.25) is 9.59 Å². The zero-order valence-corrected chi connectivity index (χ0v) is 10.3. The summed E-state index contributed by atoms with van der Waals surface area (Å²) in [7, 11) is 1.47. The van der Waals surface area contributed by atoms with E-state index in [0.29, 0.717) is 28.2 Å². The highest BCUT2D eigenvalue weighted by Crippen LogP contribution is 2.27. The standard InChI is InChI=1S/C12H13N3O3/c1-6-13-9-5-10(15-7(2)16)11(18-3)4-8(9)12(17)14-6/h4-5H,1-3H3,(H,15,16)(H,13,14,17). The first-order valence-corrected chi connectivity index (χ1v) is 5.37. The van der Waals surface area contributed by atoms with Crippen LogP contribution in [0.2, 0.25) is 0 Å². The molecule has 6 heteroatoms. The summed E-state index contributed by atoms with van der Waals surface area (Å²) in [6, 6.07) is 3.18. The zero-order chi connectivity index (χ0) is 13.3. The van der Waals surface area contributed by atoms with E-state index in [1.807, 2.05) is 0 Å². The lowest BCUT2D eigenvalue weighted by Gasteiger charge is -2.10. The molecule has 0 spiro atoms. The van der Waals surface area contributed by atoms with Crippen LogP contribution in [0.15, 0.2) is 16.9 Å². The molecule has 2 aromatic rings. The molecule has 0 aliphatic heterocycles. The Balaban J connectivity index is 2.72. The molecular weight excluding hydrogens is 234 g/mol. The van der Waals surface area contributed by atoms with Crippen LogP contribution in [-0.2, 0) is 4.79 Å². The van der Waals surface area contributed by atoms with Gasteiger partial charge >= 0.3 is 0 Å². The molecule has 1 amide bonds. The van der Waals surface area contributed by atoms with Crippen LogP contribution in [0.4, 0.5) is 5.69 Å². The number of aryl methyl sites for hydroxylation is 1. The highest BCUT2D eigenvalue weighted by molar-refractivity contribution is 5.94. The molecule has 18 heavy (non-hydrogen) atoms. The number of fused-ring (bicyclic) bond motifs is 1. The predicted octanol–water partition coefficient (Wildman–Crippen LogP) is 1.20. The number of nitrogens with zero attached hydrogens (tertiary/aromatic N) is 1. The molecule has 0 radical (unpaired) electrons. The molecule has 1 heterocycles. The third-order valence-corrected chi connectivity index (χ3v) is 2.46. The first kappa shape index (κ1) is 12.1. The largest absolute Gasteiger partial charge is 0.495 e. The minimum Gasteiger partial charge on any atom is -0.495 e. The maximum atomic E-state index is 11.8. The van der Waals surface area contributed by atoms with E-state index in [2.05, 4.69) is 15.3 Å². The molecule has 2 N–H and O–H groups in total. The number of nitrogens with one attached hydrogen (secondary N) is 2. The summed E-state index contributed by atoms with van der Waals surface area (Å²) in [5.74, 6) is 0.731. The van der Waals surface area contributed by atoms with Gasteiger partial charge in [-0.1, -0.05) is 0 Å². The number of methoxy groups -OCH3 is 1. The fourth-order valence-corrected chi connectivity index (χ4v) is 1.74. The first-order chi connectivity index (χ1) is 8.51. The molecule has 1 aromatic carbocycles. The van der Waals surface area contributed by atoms with Gasteiger partial charge in [0.05, 0.1) is 23.7 Å². The van der Waals surface area contributed by atoms with Gasteiger partial charge in [-0.05, 0) is 19.1 Å². The van der Waals surface area contributed by atoms with Crippen molar-refractivity contribution in [2.45, 2.75) is 13.8 Å². The Labute approximate surface area is 103 Å². The lowest BCUT2D eigenvalue weighted by molar-refractivity contribution is -0.114. The number of aromatic nitrogens is 2. The third-order valence-electron chi connectivity index (χ3n) is 2.46. The number of carbonyl (C=O) groups excluding carboxylic acids is 1. The fraction of sp³-hybridized carbons (Fsp3) is 0.250. The van der Waals surface area contributed by atoms with Crippen molar-refractivity contribution in [3.63, 3.8) is 0 Å². The van der Waals surface area contributed by atoms with Gasteiger partial charge in [0.2, 0.25) is 5.91 Å². The molecule has 0 saturated heterocycles. The number of benzene rings is 1. The molecule has 6 nitrogen and oxygen atoms in total. The number of anilines is 1. The lowest BCUT2D eigenvalue weighted by atomic mass is 10.2. The van der Waals surface area contributed by atoms with Crippen LogP contribution in [0.25, 0.3) is 10.9 Å². The van der Waals surface area contributed by atoms with Crippen LogP contribution in [0.5, 0.6) is 5.75 Å². The Kier molecular flexibility index (Phi) is 3.01. The topological polar surface area (TPSA) is 84.1 Å². The maximum Gasteiger partial charge on any atom is 0.258 e. The lowest BCUT2D eigenvalue weighted by Crippen LogP contribution is -2.12. The minimum absolute atomic E-state index is 0.214. The highest BCUT2D eigenvalue weighted by Gasteiger charge is 2.10. The van der Waals surface area contributed by atoms with E-state index < -0.39 is 0 Å². The molecule has 0 atom stereocenters. The number of rotatable bonds is 2. The van der Waals surface area contributed by atoms with Gasteiger partial charge in [0, 0.05) is 6.92 Å². The third kappa shape index (κ3) is 2.17. The Morgan fingerprint density at radius 1 is 1.44 bits per heavy atom. The van der Waals surface area contributed by atoms with Gasteiger partial charge < -0.3 is 15.0 Å². The summed E-state index contributed by atoms with van der Waals surface area (Å²) in [6.45, 7) is 3.10. The Bertz CT molecular complexity index is 676. The number of aromatic amines is 1. The zero-order valence-electron chi connectivity index (χ0n) is 10.3. The number of amides is 1. The SMILES string of the molecule is COc1cc2c(=O)[nH]c(C)nc2cc1NC(C)=O. The monoisotopic (exact) mass is 247 g/mol. The van der Waals surface area contributed by atoms with E-state index in [4.69, 9.17) is 4.74 Å². The van der Waals surface area contributed by atoms with Gasteiger partial charge in [-0.25, -0.2) is 4.98 Å². The summed E-state index contributed by atoms with van der Waals surface area (Å²) < 4.78 is 5.14. The van der Waals surface area contributed by atoms with E-state index >= 15 is 0 Å². The molecule has 0 aliphatic rings. The van der Waals surface area contributed by atoms with Crippen molar-refractivity contribution in [2.75, 3.05) is 12.4 Å². The van der Waals surface area contributed by atoms with Crippen molar-refractivity contribution >= 4 is 22.5 Å². The summed E-state index contributed by atoms with van der Waals surface area (Å²) in [5.41, 5.74) is 0.779. The van der Waals surface area contributed by atoms with Gasteiger partial charge in [0.25, 0.3) is 5.56 Å². The normalized spacial score (nSPS) is 10.4. The fourth-order valence-electron chi connectivity index (χ4n) is 1.74. The van der Waals surface area contributed by atoms with Crippen LogP contribution < -0.4 is 15.6 Å². The van der Waals surface area contributed by atoms with Crippen molar-refractivity contribution in [3.05, 3.63) is 28.3 Å². The highest BCUT2D eigenvalue weighted by atomic mass is 16.5. The van der Waals surface area contributed by atoms with Crippen LogP contribution in [-0.4, -0.2) is 23.0 Å². The number of hydrogen-bond acceptors (Lipinski definition) is 4. The molecule has 1 aromatic heterocycles. The van der Waals surface area contributed by atoms with Gasteiger partial charge in [-0.2, -0.15) is 0 Å². The summed E-state index contributed by atoms with van der Waals surface area (Å²) in [4.78, 5) is 29.7. The quantitative estimate of drug-likeness (QED) is 0.835. The van der Waals surface area contributed by atoms with Gasteiger partial charge in [-0.15, -0.1) is 0 Å². The summed E-state index contributed by atoms with van der Waals surface area (Å²) in [6.07, 6.45) is 0. The van der Waals surface area contributed by atoms with Gasteiger partial charge in [0.1, 0.15) is 11.6 Å². The molecule has 0 saturated carbocycles. The molecule has 0 bridgehead atoms. The van der Waals surface area contributed by atoms with E-state index in [-0.39, 0.29) is 11.5 Å². The molecule has 2 rings (SSSR count). The maximum absolute atomic E-state index is 11.8. The van der Waals surface area contributed by atoms with E-state index in [0.717, 1.165) is 0 Å². The predicted molar refractivity (Wildman–Crippen MR) is 68.0 cm³/mol. The molecule has 0 fully saturated rings. The Morgan fingerprint density at radius 3 is 2.78 bits per heavy atom. The van der Waals surface area contributed by atoms with Crippen LogP contribution in [0, 0.1) is 6.92 Å². The van der Waals surface area contributed by atoms with Crippen molar-refractivity contribution in [3.8, 4) is 5.75 Å². The molecular formula is C12H13N3O3. The Hall–Kier alpha value is -2.37.